The van der Waals surface area contributed by atoms with Crippen molar-refractivity contribution >= 4 is 12.2 Å². The molecule has 1 aliphatic carbocycles. The quantitative estimate of drug-likeness (QED) is 0.569. The zero-order chi connectivity index (χ0) is 18.1. The van der Waals surface area contributed by atoms with E-state index in [4.69, 9.17) is 12.2 Å². The molecule has 0 N–H and O–H groups in total. The molecule has 2 aromatic carbocycles. The van der Waals surface area contributed by atoms with Crippen molar-refractivity contribution < 1.29 is 8.78 Å². The maximum atomic E-state index is 13.9. The van der Waals surface area contributed by atoms with E-state index in [1.165, 1.54) is 11.6 Å². The van der Waals surface area contributed by atoms with Crippen molar-refractivity contribution in [3.05, 3.63) is 88.0 Å². The van der Waals surface area contributed by atoms with Crippen molar-refractivity contribution in [1.82, 2.24) is 9.13 Å². The van der Waals surface area contributed by atoms with Crippen LogP contribution >= 0.6 is 12.2 Å². The molecule has 2 nitrogen and oxygen atoms in total. The summed E-state index contributed by atoms with van der Waals surface area (Å²) < 4.78 is 32.4. The van der Waals surface area contributed by atoms with Gasteiger partial charge in [-0.25, -0.2) is 8.78 Å². The van der Waals surface area contributed by atoms with Crippen LogP contribution in [0.1, 0.15) is 29.2 Å². The Balaban J connectivity index is 1.52. The van der Waals surface area contributed by atoms with E-state index in [9.17, 15) is 8.78 Å². The Bertz CT molecular complexity index is 975. The Morgan fingerprint density at radius 2 is 1.88 bits per heavy atom. The number of fused-ring (bicyclic) bond motifs is 1. The van der Waals surface area contributed by atoms with Crippen LogP contribution in [-0.4, -0.2) is 9.13 Å². The van der Waals surface area contributed by atoms with Crippen molar-refractivity contribution in [3.63, 3.8) is 0 Å². The zero-order valence-electron chi connectivity index (χ0n) is 14.4. The van der Waals surface area contributed by atoms with Gasteiger partial charge in [0.15, 0.2) is 4.77 Å². The van der Waals surface area contributed by atoms with E-state index in [0.717, 1.165) is 35.8 Å². The minimum atomic E-state index is -0.508. The van der Waals surface area contributed by atoms with Gasteiger partial charge >= 0.3 is 0 Å². The molecule has 0 amide bonds. The Labute approximate surface area is 156 Å². The fourth-order valence-corrected chi connectivity index (χ4v) is 4.16. The summed E-state index contributed by atoms with van der Waals surface area (Å²) in [6, 6.07) is 12.9. The largest absolute Gasteiger partial charge is 0.323 e. The maximum absolute atomic E-state index is 13.9. The molecular formula is C21H20F2N2S. The third-order valence-electron chi connectivity index (χ3n) is 5.19. The molecule has 0 saturated carbocycles. The van der Waals surface area contributed by atoms with Gasteiger partial charge in [0, 0.05) is 31.0 Å². The molecule has 3 aromatic rings. The standard InChI is InChI=1S/C21H20F2N2S/c22-17-12-16-13-18(6-7-19(16)20(23)14-17)25-11-10-24(21(25)26)9-8-15-4-2-1-3-5-15/h1-5,10-12,14,18H,6-9,13H2/t18-/m0/s1. The van der Waals surface area contributed by atoms with Crippen molar-refractivity contribution in [2.24, 2.45) is 0 Å². The van der Waals surface area contributed by atoms with E-state index in [2.05, 4.69) is 21.3 Å². The molecule has 1 aliphatic rings. The van der Waals surface area contributed by atoms with Crippen LogP contribution in [0.2, 0.25) is 0 Å². The van der Waals surface area contributed by atoms with Gasteiger partial charge < -0.3 is 9.13 Å². The van der Waals surface area contributed by atoms with E-state index in [1.54, 1.807) is 0 Å². The summed E-state index contributed by atoms with van der Waals surface area (Å²) in [6.45, 7) is 0.822. The summed E-state index contributed by atoms with van der Waals surface area (Å²) >= 11 is 5.65. The minimum Gasteiger partial charge on any atom is -0.323 e. The summed E-state index contributed by atoms with van der Waals surface area (Å²) in [7, 11) is 0. The number of aromatic nitrogens is 2. The van der Waals surface area contributed by atoms with Gasteiger partial charge in [0.25, 0.3) is 0 Å². The van der Waals surface area contributed by atoms with Gasteiger partial charge in [-0.1, -0.05) is 30.3 Å². The number of aryl methyl sites for hydroxylation is 2. The zero-order valence-corrected chi connectivity index (χ0v) is 15.2. The smallest absolute Gasteiger partial charge is 0.180 e. The van der Waals surface area contributed by atoms with Crippen LogP contribution in [0, 0.1) is 16.4 Å². The number of benzene rings is 2. The monoisotopic (exact) mass is 370 g/mol. The Kier molecular flexibility index (Phi) is 4.72. The van der Waals surface area contributed by atoms with Crippen LogP contribution < -0.4 is 0 Å². The lowest BCUT2D eigenvalue weighted by Gasteiger charge is -2.26. The van der Waals surface area contributed by atoms with E-state index in [1.807, 2.05) is 30.6 Å². The number of nitrogens with zero attached hydrogens (tertiary/aromatic N) is 2. The molecular weight excluding hydrogens is 350 g/mol. The normalized spacial score (nSPS) is 16.5. The second kappa shape index (κ2) is 7.16. The number of hydrogen-bond acceptors (Lipinski definition) is 1. The van der Waals surface area contributed by atoms with Crippen LogP contribution in [0.3, 0.4) is 0 Å². The molecule has 0 radical (unpaired) electrons. The highest BCUT2D eigenvalue weighted by Crippen LogP contribution is 2.31. The van der Waals surface area contributed by atoms with E-state index >= 15 is 0 Å². The van der Waals surface area contributed by atoms with Crippen LogP contribution in [0.4, 0.5) is 8.78 Å². The summed E-state index contributed by atoms with van der Waals surface area (Å²) in [5.74, 6) is -0.937. The van der Waals surface area contributed by atoms with Crippen LogP contribution in [0.15, 0.2) is 54.9 Å². The molecule has 0 bridgehead atoms. The lowest BCUT2D eigenvalue weighted by atomic mass is 9.87. The molecule has 26 heavy (non-hydrogen) atoms. The summed E-state index contributed by atoms with van der Waals surface area (Å²) in [6.07, 6.45) is 6.96. The van der Waals surface area contributed by atoms with Gasteiger partial charge in [-0.15, -0.1) is 0 Å². The summed E-state index contributed by atoms with van der Waals surface area (Å²) in [4.78, 5) is 0. The topological polar surface area (TPSA) is 9.86 Å². The molecule has 0 aliphatic heterocycles. The molecule has 5 heteroatoms. The molecule has 134 valence electrons. The SMILES string of the molecule is Fc1cc(F)c2c(c1)C[C@@H](n1ccn(CCc3ccccc3)c1=S)CC2. The first-order valence-corrected chi connectivity index (χ1v) is 9.30. The van der Waals surface area contributed by atoms with Crippen molar-refractivity contribution in [1.29, 1.82) is 0 Å². The van der Waals surface area contributed by atoms with E-state index in [0.29, 0.717) is 18.4 Å². The highest BCUT2D eigenvalue weighted by atomic mass is 32.1. The molecule has 1 heterocycles. The summed E-state index contributed by atoms with van der Waals surface area (Å²) in [5.41, 5.74) is 2.69. The highest BCUT2D eigenvalue weighted by Gasteiger charge is 2.24. The molecule has 0 unspecified atom stereocenters. The number of rotatable bonds is 4. The molecule has 0 saturated heterocycles. The van der Waals surface area contributed by atoms with Gasteiger partial charge in [-0.05, 0) is 60.7 Å². The Morgan fingerprint density at radius 3 is 2.69 bits per heavy atom. The van der Waals surface area contributed by atoms with Crippen molar-refractivity contribution in [3.8, 4) is 0 Å². The first kappa shape index (κ1) is 17.2. The molecule has 1 aromatic heterocycles. The van der Waals surface area contributed by atoms with Gasteiger partial charge in [-0.3, -0.25) is 0 Å². The minimum absolute atomic E-state index is 0.147. The Hall–Kier alpha value is -2.27. The van der Waals surface area contributed by atoms with Crippen LogP contribution in [-0.2, 0) is 25.8 Å². The average Bonchev–Trinajstić information content (AvgIpc) is 3.01. The predicted octanol–water partition coefficient (Wildman–Crippen LogP) is 5.27. The average molecular weight is 370 g/mol. The number of halogens is 2. The van der Waals surface area contributed by atoms with Gasteiger partial charge in [0.05, 0.1) is 0 Å². The van der Waals surface area contributed by atoms with Gasteiger partial charge in [0.1, 0.15) is 11.6 Å². The lowest BCUT2D eigenvalue weighted by molar-refractivity contribution is 0.421. The highest BCUT2D eigenvalue weighted by molar-refractivity contribution is 7.71. The summed E-state index contributed by atoms with van der Waals surface area (Å²) in [5, 5.41) is 0. The van der Waals surface area contributed by atoms with E-state index < -0.39 is 11.6 Å². The van der Waals surface area contributed by atoms with Gasteiger partial charge in [-0.2, -0.15) is 0 Å². The molecule has 0 fully saturated rings. The Morgan fingerprint density at radius 1 is 1.08 bits per heavy atom. The van der Waals surface area contributed by atoms with E-state index in [-0.39, 0.29) is 6.04 Å². The first-order valence-electron chi connectivity index (χ1n) is 8.90. The first-order chi connectivity index (χ1) is 12.6. The predicted molar refractivity (Wildman–Crippen MR) is 101 cm³/mol. The van der Waals surface area contributed by atoms with Gasteiger partial charge in [0.2, 0.25) is 0 Å². The number of imidazole rings is 1. The third-order valence-corrected chi connectivity index (χ3v) is 5.63. The fourth-order valence-electron chi connectivity index (χ4n) is 3.79. The fraction of sp³-hybridized carbons (Fsp3) is 0.286. The van der Waals surface area contributed by atoms with Crippen molar-refractivity contribution in [2.75, 3.05) is 0 Å². The van der Waals surface area contributed by atoms with Crippen molar-refractivity contribution in [2.45, 2.75) is 38.3 Å². The number of hydrogen-bond donors (Lipinski definition) is 0. The molecule has 0 spiro atoms. The second-order valence-corrected chi connectivity index (χ2v) is 7.20. The second-order valence-electron chi connectivity index (χ2n) is 6.84. The maximum Gasteiger partial charge on any atom is 0.180 e. The van der Waals surface area contributed by atoms with Crippen LogP contribution in [0.25, 0.3) is 0 Å². The molecule has 4 rings (SSSR count). The third kappa shape index (κ3) is 3.36. The molecule has 1 atom stereocenters. The van der Waals surface area contributed by atoms with Crippen LogP contribution in [0.5, 0.6) is 0 Å². The lowest BCUT2D eigenvalue weighted by Crippen LogP contribution is -2.20.